The van der Waals surface area contributed by atoms with Gasteiger partial charge in [-0.2, -0.15) is 16.9 Å². The van der Waals surface area contributed by atoms with Gasteiger partial charge < -0.3 is 10.4 Å². The number of carboxylic acid groups (broad SMARTS) is 1. The number of carbonyl (C=O) groups is 2. The number of rotatable bonds is 4. The molecule has 8 heteroatoms. The number of carboxylic acids is 1. The van der Waals surface area contributed by atoms with Crippen molar-refractivity contribution >= 4 is 34.7 Å². The third-order valence-electron chi connectivity index (χ3n) is 4.21. The van der Waals surface area contributed by atoms with Crippen LogP contribution >= 0.6 is 11.8 Å². The number of nitrogens with zero attached hydrogens (tertiary/aromatic N) is 3. The molecule has 1 atom stereocenters. The van der Waals surface area contributed by atoms with E-state index in [1.807, 2.05) is 20.8 Å². The number of amides is 1. The van der Waals surface area contributed by atoms with Gasteiger partial charge in [-0.1, -0.05) is 0 Å². The molecule has 0 spiro atoms. The van der Waals surface area contributed by atoms with Gasteiger partial charge >= 0.3 is 5.97 Å². The van der Waals surface area contributed by atoms with Crippen molar-refractivity contribution in [3.8, 4) is 0 Å². The highest BCUT2D eigenvalue weighted by Gasteiger charge is 2.43. The molecule has 0 aliphatic carbocycles. The molecule has 0 aromatic carbocycles. The van der Waals surface area contributed by atoms with Crippen LogP contribution in [-0.2, 0) is 4.79 Å². The molecule has 1 aliphatic rings. The first-order valence-corrected chi connectivity index (χ1v) is 8.98. The number of aryl methyl sites for hydroxylation is 1. The van der Waals surface area contributed by atoms with Crippen LogP contribution < -0.4 is 5.32 Å². The molecule has 1 saturated heterocycles. The topological polar surface area (TPSA) is 97.1 Å². The zero-order valence-corrected chi connectivity index (χ0v) is 14.7. The van der Waals surface area contributed by atoms with Gasteiger partial charge in [-0.25, -0.2) is 14.5 Å². The van der Waals surface area contributed by atoms with Gasteiger partial charge in [0.05, 0.1) is 17.1 Å². The van der Waals surface area contributed by atoms with Crippen molar-refractivity contribution in [3.05, 3.63) is 23.5 Å². The maximum atomic E-state index is 12.8. The molecule has 0 bridgehead atoms. The Balaban J connectivity index is 2.02. The number of hydrogen-bond donors (Lipinski definition) is 2. The second-order valence-corrected chi connectivity index (χ2v) is 7.48. The van der Waals surface area contributed by atoms with Gasteiger partial charge in [0.15, 0.2) is 5.65 Å². The first-order chi connectivity index (χ1) is 11.3. The van der Waals surface area contributed by atoms with Crippen LogP contribution in [0.15, 0.2) is 12.3 Å². The summed E-state index contributed by atoms with van der Waals surface area (Å²) in [6, 6.07) is 1.80. The van der Waals surface area contributed by atoms with E-state index in [9.17, 15) is 14.7 Å². The third kappa shape index (κ3) is 2.75. The van der Waals surface area contributed by atoms with E-state index >= 15 is 0 Å². The SMILES string of the molecule is Cc1cc(C(=O)NC2(C(=O)O)CCSC2)c2cnn(C(C)C)c2n1. The molecule has 1 unspecified atom stereocenters. The molecule has 2 aromatic heterocycles. The van der Waals surface area contributed by atoms with Crippen molar-refractivity contribution in [2.45, 2.75) is 38.8 Å². The second-order valence-electron chi connectivity index (χ2n) is 6.38. The standard InChI is InChI=1S/C16H20N4O3S/c1-9(2)20-13-12(7-17-20)11(6-10(3)18-13)14(21)19-16(15(22)23)4-5-24-8-16/h6-7,9H,4-5,8H2,1-3H3,(H,19,21)(H,22,23). The van der Waals surface area contributed by atoms with Crippen LogP contribution in [-0.4, -0.2) is 48.8 Å². The van der Waals surface area contributed by atoms with Gasteiger partial charge in [-0.05, 0) is 39.0 Å². The minimum absolute atomic E-state index is 0.115. The average Bonchev–Trinajstić information content (AvgIpc) is 3.13. The third-order valence-corrected chi connectivity index (χ3v) is 5.40. The van der Waals surface area contributed by atoms with Crippen LogP contribution in [0.3, 0.4) is 0 Å². The van der Waals surface area contributed by atoms with E-state index in [-0.39, 0.29) is 6.04 Å². The summed E-state index contributed by atoms with van der Waals surface area (Å²) in [7, 11) is 0. The van der Waals surface area contributed by atoms with Crippen LogP contribution in [0.2, 0.25) is 0 Å². The minimum atomic E-state index is -1.20. The number of fused-ring (bicyclic) bond motifs is 1. The maximum absolute atomic E-state index is 12.8. The van der Waals surface area contributed by atoms with Crippen molar-refractivity contribution < 1.29 is 14.7 Å². The maximum Gasteiger partial charge on any atom is 0.330 e. The summed E-state index contributed by atoms with van der Waals surface area (Å²) in [5, 5.41) is 17.2. The van der Waals surface area contributed by atoms with E-state index < -0.39 is 17.4 Å². The fourth-order valence-electron chi connectivity index (χ4n) is 2.88. The molecule has 2 aromatic rings. The Morgan fingerprint density at radius 3 is 2.79 bits per heavy atom. The highest BCUT2D eigenvalue weighted by atomic mass is 32.2. The molecule has 0 saturated carbocycles. The predicted molar refractivity (Wildman–Crippen MR) is 92.4 cm³/mol. The average molecular weight is 348 g/mol. The van der Waals surface area contributed by atoms with Crippen LogP contribution in [0, 0.1) is 6.92 Å². The number of thioether (sulfide) groups is 1. The molecule has 24 heavy (non-hydrogen) atoms. The highest BCUT2D eigenvalue weighted by Crippen LogP contribution is 2.29. The Morgan fingerprint density at radius 1 is 1.46 bits per heavy atom. The number of aromatic nitrogens is 3. The lowest BCUT2D eigenvalue weighted by molar-refractivity contribution is -0.143. The summed E-state index contributed by atoms with van der Waals surface area (Å²) in [5.41, 5.74) is 0.557. The lowest BCUT2D eigenvalue weighted by atomic mass is 9.98. The molecule has 1 amide bonds. The molecule has 3 rings (SSSR count). The monoisotopic (exact) mass is 348 g/mol. The van der Waals surface area contributed by atoms with Crippen LogP contribution in [0.1, 0.15) is 42.4 Å². The number of pyridine rings is 1. The lowest BCUT2D eigenvalue weighted by Crippen LogP contribution is -2.54. The van der Waals surface area contributed by atoms with E-state index in [0.717, 1.165) is 5.75 Å². The molecular weight excluding hydrogens is 328 g/mol. The van der Waals surface area contributed by atoms with Gasteiger partial charge in [0.2, 0.25) is 0 Å². The van der Waals surface area contributed by atoms with E-state index in [1.165, 1.54) is 11.8 Å². The molecule has 0 radical (unpaired) electrons. The van der Waals surface area contributed by atoms with E-state index in [4.69, 9.17) is 0 Å². The minimum Gasteiger partial charge on any atom is -0.479 e. The Kier molecular flexibility index (Phi) is 4.25. The van der Waals surface area contributed by atoms with Crippen molar-refractivity contribution in [2.75, 3.05) is 11.5 Å². The van der Waals surface area contributed by atoms with E-state index in [1.54, 1.807) is 16.9 Å². The largest absolute Gasteiger partial charge is 0.479 e. The summed E-state index contributed by atoms with van der Waals surface area (Å²) in [5.74, 6) is -0.269. The van der Waals surface area contributed by atoms with Gasteiger partial charge in [-0.3, -0.25) is 4.79 Å². The van der Waals surface area contributed by atoms with Gasteiger partial charge in [0.1, 0.15) is 5.54 Å². The van der Waals surface area contributed by atoms with Crippen LogP contribution in [0.25, 0.3) is 11.0 Å². The quantitative estimate of drug-likeness (QED) is 0.877. The van der Waals surface area contributed by atoms with Gasteiger partial charge in [0, 0.05) is 17.5 Å². The van der Waals surface area contributed by atoms with E-state index in [2.05, 4.69) is 15.4 Å². The number of carbonyl (C=O) groups excluding carboxylic acids is 1. The van der Waals surface area contributed by atoms with Gasteiger partial charge in [0.25, 0.3) is 5.91 Å². The summed E-state index contributed by atoms with van der Waals surface area (Å²) in [4.78, 5) is 28.9. The molecule has 2 N–H and O–H groups in total. The predicted octanol–water partition coefficient (Wildman–Crippen LogP) is 2.01. The molecular formula is C16H20N4O3S. The first kappa shape index (κ1) is 16.8. The van der Waals surface area contributed by atoms with E-state index in [0.29, 0.717) is 34.5 Å². The fourth-order valence-corrected chi connectivity index (χ4v) is 4.20. The Morgan fingerprint density at radius 2 is 2.21 bits per heavy atom. The Hall–Kier alpha value is -2.09. The van der Waals surface area contributed by atoms with Crippen molar-refractivity contribution in [1.82, 2.24) is 20.1 Å². The summed E-state index contributed by atoms with van der Waals surface area (Å²) in [6.07, 6.45) is 2.05. The smallest absolute Gasteiger partial charge is 0.330 e. The fraction of sp³-hybridized carbons (Fsp3) is 0.500. The zero-order valence-electron chi connectivity index (χ0n) is 13.9. The summed E-state index contributed by atoms with van der Waals surface area (Å²) < 4.78 is 1.76. The zero-order chi connectivity index (χ0) is 17.5. The molecule has 7 nitrogen and oxygen atoms in total. The molecule has 128 valence electrons. The second kappa shape index (κ2) is 6.08. The number of nitrogens with one attached hydrogen (secondary N) is 1. The lowest BCUT2D eigenvalue weighted by Gasteiger charge is -2.24. The Bertz CT molecular complexity index is 809. The van der Waals surface area contributed by atoms with Crippen LogP contribution in [0.4, 0.5) is 0 Å². The van der Waals surface area contributed by atoms with Crippen molar-refractivity contribution in [2.24, 2.45) is 0 Å². The molecule has 1 fully saturated rings. The van der Waals surface area contributed by atoms with Crippen molar-refractivity contribution in [3.63, 3.8) is 0 Å². The normalized spacial score (nSPS) is 20.7. The van der Waals surface area contributed by atoms with Crippen LogP contribution in [0.5, 0.6) is 0 Å². The molecule has 3 heterocycles. The number of hydrogen-bond acceptors (Lipinski definition) is 5. The number of aliphatic carboxylic acids is 1. The summed E-state index contributed by atoms with van der Waals surface area (Å²) in [6.45, 7) is 5.79. The summed E-state index contributed by atoms with van der Waals surface area (Å²) >= 11 is 1.54. The van der Waals surface area contributed by atoms with Gasteiger partial charge in [-0.15, -0.1) is 0 Å². The highest BCUT2D eigenvalue weighted by molar-refractivity contribution is 7.99. The van der Waals surface area contributed by atoms with Crippen molar-refractivity contribution in [1.29, 1.82) is 0 Å². The Labute approximate surface area is 143 Å². The first-order valence-electron chi connectivity index (χ1n) is 7.82. The molecule has 1 aliphatic heterocycles.